The molecule has 0 radical (unpaired) electrons. The number of carbonyl (C=O) groups excluding carboxylic acids is 1. The first-order valence-electron chi connectivity index (χ1n) is 11.7. The minimum Gasteiger partial charge on any atom is -0.478 e. The molecule has 9 nitrogen and oxygen atoms in total. The minimum atomic E-state index is -1.10. The SMILES string of the molecule is CC(=CC(=O)Nc1ccc(N(C)CCCCc2nn[nH]n2)cc1C(=O)O)c1ccc2ccccc2c1. The maximum Gasteiger partial charge on any atom is 0.337 e. The molecule has 0 saturated heterocycles. The number of rotatable bonds is 10. The number of aryl methyl sites for hydroxylation is 1. The zero-order chi connectivity index (χ0) is 25.5. The van der Waals surface area contributed by atoms with E-state index in [0.717, 1.165) is 53.4 Å². The molecule has 0 atom stereocenters. The van der Waals surface area contributed by atoms with Crippen LogP contribution in [0.2, 0.25) is 0 Å². The van der Waals surface area contributed by atoms with Crippen LogP contribution in [0.25, 0.3) is 16.3 Å². The molecule has 9 heteroatoms. The van der Waals surface area contributed by atoms with Crippen LogP contribution in [0.5, 0.6) is 0 Å². The summed E-state index contributed by atoms with van der Waals surface area (Å²) in [6.07, 6.45) is 3.97. The van der Waals surface area contributed by atoms with Gasteiger partial charge in [0, 0.05) is 31.8 Å². The van der Waals surface area contributed by atoms with Crippen LogP contribution in [-0.2, 0) is 11.2 Å². The van der Waals surface area contributed by atoms with Crippen molar-refractivity contribution < 1.29 is 14.7 Å². The first kappa shape index (κ1) is 24.6. The number of hydrogen-bond acceptors (Lipinski definition) is 6. The zero-order valence-corrected chi connectivity index (χ0v) is 20.2. The van der Waals surface area contributed by atoms with Crippen molar-refractivity contribution in [1.29, 1.82) is 0 Å². The average molecular weight is 485 g/mol. The Morgan fingerprint density at radius 2 is 1.86 bits per heavy atom. The van der Waals surface area contributed by atoms with Crippen LogP contribution in [0.1, 0.15) is 41.5 Å². The van der Waals surface area contributed by atoms with Crippen molar-refractivity contribution in [3.63, 3.8) is 0 Å². The summed E-state index contributed by atoms with van der Waals surface area (Å²) in [5.41, 5.74) is 2.76. The second-order valence-corrected chi connectivity index (χ2v) is 8.62. The van der Waals surface area contributed by atoms with E-state index in [1.54, 1.807) is 18.2 Å². The molecule has 1 aromatic heterocycles. The number of tetrazole rings is 1. The van der Waals surface area contributed by atoms with Gasteiger partial charge in [0.15, 0.2) is 5.82 Å². The normalized spacial score (nSPS) is 11.4. The Hall–Kier alpha value is -4.53. The number of unbranched alkanes of at least 4 members (excludes halogenated alkanes) is 1. The van der Waals surface area contributed by atoms with E-state index in [2.05, 4.69) is 25.9 Å². The van der Waals surface area contributed by atoms with Gasteiger partial charge in [-0.05, 0) is 65.9 Å². The summed E-state index contributed by atoms with van der Waals surface area (Å²) in [7, 11) is 1.91. The molecule has 0 unspecified atom stereocenters. The molecule has 0 spiro atoms. The first-order valence-corrected chi connectivity index (χ1v) is 11.7. The summed E-state index contributed by atoms with van der Waals surface area (Å²) in [6, 6.07) is 19.1. The van der Waals surface area contributed by atoms with Gasteiger partial charge < -0.3 is 15.3 Å². The number of carboxylic acids is 1. The monoisotopic (exact) mass is 484 g/mol. The fourth-order valence-electron chi connectivity index (χ4n) is 3.99. The predicted octanol–water partition coefficient (Wildman–Crippen LogP) is 4.55. The average Bonchev–Trinajstić information content (AvgIpc) is 3.40. The van der Waals surface area contributed by atoms with Gasteiger partial charge in [0.25, 0.3) is 0 Å². The number of fused-ring (bicyclic) bond motifs is 1. The van der Waals surface area contributed by atoms with Gasteiger partial charge in [-0.3, -0.25) is 4.79 Å². The van der Waals surface area contributed by atoms with Crippen LogP contribution in [0.15, 0.2) is 66.7 Å². The smallest absolute Gasteiger partial charge is 0.337 e. The maximum absolute atomic E-state index is 12.7. The number of nitrogens with one attached hydrogen (secondary N) is 2. The Kier molecular flexibility index (Phi) is 7.69. The molecule has 184 valence electrons. The number of aromatic carboxylic acids is 1. The highest BCUT2D eigenvalue weighted by molar-refractivity contribution is 6.07. The van der Waals surface area contributed by atoms with Crippen LogP contribution in [-0.4, -0.2) is 51.2 Å². The number of nitrogens with zero attached hydrogens (tertiary/aromatic N) is 4. The van der Waals surface area contributed by atoms with Crippen LogP contribution in [0.3, 0.4) is 0 Å². The van der Waals surface area contributed by atoms with Crippen molar-refractivity contribution in [3.8, 4) is 0 Å². The van der Waals surface area contributed by atoms with Crippen molar-refractivity contribution in [1.82, 2.24) is 20.6 Å². The minimum absolute atomic E-state index is 0.0382. The highest BCUT2D eigenvalue weighted by Crippen LogP contribution is 2.25. The van der Waals surface area contributed by atoms with E-state index in [1.165, 1.54) is 6.08 Å². The van der Waals surface area contributed by atoms with E-state index in [9.17, 15) is 14.7 Å². The molecular formula is C27H28N6O3. The van der Waals surface area contributed by atoms with Gasteiger partial charge in [-0.2, -0.15) is 5.21 Å². The van der Waals surface area contributed by atoms with Gasteiger partial charge in [-0.25, -0.2) is 4.79 Å². The molecule has 0 aliphatic heterocycles. The number of hydrogen-bond donors (Lipinski definition) is 3. The lowest BCUT2D eigenvalue weighted by molar-refractivity contribution is -0.111. The lowest BCUT2D eigenvalue weighted by Gasteiger charge is -2.20. The number of H-pyrrole nitrogens is 1. The molecule has 0 aliphatic carbocycles. The third kappa shape index (κ3) is 6.12. The lowest BCUT2D eigenvalue weighted by Crippen LogP contribution is -2.20. The molecule has 0 bridgehead atoms. The van der Waals surface area contributed by atoms with Crippen LogP contribution < -0.4 is 10.2 Å². The third-order valence-electron chi connectivity index (χ3n) is 6.02. The maximum atomic E-state index is 12.7. The fraction of sp³-hybridized carbons (Fsp3) is 0.222. The molecule has 4 aromatic rings. The summed E-state index contributed by atoms with van der Waals surface area (Å²) in [5, 5.41) is 28.6. The summed E-state index contributed by atoms with van der Waals surface area (Å²) in [6.45, 7) is 2.59. The molecule has 0 saturated carbocycles. The number of carboxylic acid groups (broad SMARTS) is 1. The summed E-state index contributed by atoms with van der Waals surface area (Å²) in [5.74, 6) is -0.811. The van der Waals surface area contributed by atoms with Crippen molar-refractivity contribution in [2.24, 2.45) is 0 Å². The predicted molar refractivity (Wildman–Crippen MR) is 140 cm³/mol. The van der Waals surface area contributed by atoms with Crippen LogP contribution in [0, 0.1) is 0 Å². The number of aromatic amines is 1. The van der Waals surface area contributed by atoms with Crippen molar-refractivity contribution in [3.05, 3.63) is 83.7 Å². The highest BCUT2D eigenvalue weighted by atomic mass is 16.4. The topological polar surface area (TPSA) is 124 Å². The molecule has 4 rings (SSSR count). The van der Waals surface area contributed by atoms with E-state index >= 15 is 0 Å². The Balaban J connectivity index is 1.41. The Morgan fingerprint density at radius 1 is 1.06 bits per heavy atom. The quantitative estimate of drug-likeness (QED) is 0.223. The van der Waals surface area contributed by atoms with Gasteiger partial charge in [-0.15, -0.1) is 10.2 Å². The van der Waals surface area contributed by atoms with Crippen molar-refractivity contribution >= 4 is 39.6 Å². The number of carbonyl (C=O) groups is 2. The van der Waals surface area contributed by atoms with Gasteiger partial charge in [-0.1, -0.05) is 41.6 Å². The molecule has 1 amide bonds. The second kappa shape index (κ2) is 11.3. The molecule has 0 aliphatic rings. The number of benzene rings is 3. The Bertz CT molecular complexity index is 1400. The van der Waals surface area contributed by atoms with Gasteiger partial charge in [0.2, 0.25) is 5.91 Å². The highest BCUT2D eigenvalue weighted by Gasteiger charge is 2.15. The van der Waals surface area contributed by atoms with E-state index in [-0.39, 0.29) is 17.2 Å². The van der Waals surface area contributed by atoms with E-state index < -0.39 is 5.97 Å². The second-order valence-electron chi connectivity index (χ2n) is 8.62. The summed E-state index contributed by atoms with van der Waals surface area (Å²) >= 11 is 0. The Labute approximate surface area is 208 Å². The molecular weight excluding hydrogens is 456 g/mol. The third-order valence-corrected chi connectivity index (χ3v) is 6.02. The molecule has 0 fully saturated rings. The van der Waals surface area contributed by atoms with Gasteiger partial charge in [0.1, 0.15) is 0 Å². The Morgan fingerprint density at radius 3 is 2.61 bits per heavy atom. The number of allylic oxidation sites excluding steroid dienone is 1. The number of aromatic nitrogens is 4. The van der Waals surface area contributed by atoms with Crippen molar-refractivity contribution in [2.75, 3.05) is 23.8 Å². The van der Waals surface area contributed by atoms with E-state index in [1.807, 2.05) is 61.3 Å². The lowest BCUT2D eigenvalue weighted by atomic mass is 10.0. The first-order chi connectivity index (χ1) is 17.4. The largest absolute Gasteiger partial charge is 0.478 e. The van der Waals surface area contributed by atoms with Crippen LogP contribution in [0.4, 0.5) is 11.4 Å². The standard InChI is InChI=1S/C27H28N6O3/c1-18(20-11-10-19-7-3-4-8-21(19)16-20)15-26(34)28-24-13-12-22(17-23(24)27(35)36)33(2)14-6-5-9-25-29-31-32-30-25/h3-4,7-8,10-13,15-17H,5-6,9,14H2,1-2H3,(H,28,34)(H,35,36)(H,29,30,31,32). The summed E-state index contributed by atoms with van der Waals surface area (Å²) < 4.78 is 0. The zero-order valence-electron chi connectivity index (χ0n) is 20.2. The molecule has 36 heavy (non-hydrogen) atoms. The fourth-order valence-corrected chi connectivity index (χ4v) is 3.99. The molecule has 3 aromatic carbocycles. The van der Waals surface area contributed by atoms with E-state index in [4.69, 9.17) is 0 Å². The summed E-state index contributed by atoms with van der Waals surface area (Å²) in [4.78, 5) is 26.6. The molecule has 3 N–H and O–H groups in total. The van der Waals surface area contributed by atoms with Gasteiger partial charge in [0.05, 0.1) is 11.3 Å². The van der Waals surface area contributed by atoms with E-state index in [0.29, 0.717) is 5.82 Å². The van der Waals surface area contributed by atoms with Crippen molar-refractivity contribution in [2.45, 2.75) is 26.2 Å². The number of amides is 1. The van der Waals surface area contributed by atoms with Gasteiger partial charge >= 0.3 is 5.97 Å². The molecule has 1 heterocycles. The number of anilines is 2. The van der Waals surface area contributed by atoms with Crippen LogP contribution >= 0.6 is 0 Å².